The van der Waals surface area contributed by atoms with Crippen LogP contribution in [0.3, 0.4) is 0 Å². The topological polar surface area (TPSA) is 84.9 Å². The van der Waals surface area contributed by atoms with E-state index >= 15 is 0 Å². The predicted molar refractivity (Wildman–Crippen MR) is 64.3 cm³/mol. The first-order valence-electron chi connectivity index (χ1n) is 6.13. The van der Waals surface area contributed by atoms with E-state index in [4.69, 9.17) is 14.6 Å². The van der Waals surface area contributed by atoms with E-state index in [1.165, 1.54) is 14.0 Å². The monoisotopic (exact) mass is 259 g/mol. The first-order chi connectivity index (χ1) is 8.48. The minimum Gasteiger partial charge on any atom is -0.479 e. The smallest absolute Gasteiger partial charge is 0.331 e. The molecule has 2 unspecified atom stereocenters. The normalized spacial score (nSPS) is 23.1. The third-order valence-corrected chi connectivity index (χ3v) is 3.01. The van der Waals surface area contributed by atoms with E-state index in [1.807, 2.05) is 0 Å². The maximum Gasteiger partial charge on any atom is 0.331 e. The van der Waals surface area contributed by atoms with Crippen molar-refractivity contribution in [1.82, 2.24) is 5.32 Å². The van der Waals surface area contributed by atoms with Crippen molar-refractivity contribution in [2.45, 2.75) is 44.2 Å². The molecule has 1 aliphatic heterocycles. The van der Waals surface area contributed by atoms with Crippen LogP contribution in [-0.4, -0.2) is 48.9 Å². The van der Waals surface area contributed by atoms with Gasteiger partial charge in [-0.15, -0.1) is 0 Å². The molecule has 1 amide bonds. The van der Waals surface area contributed by atoms with Crippen molar-refractivity contribution < 1.29 is 24.2 Å². The largest absolute Gasteiger partial charge is 0.479 e. The van der Waals surface area contributed by atoms with Gasteiger partial charge in [-0.2, -0.15) is 0 Å². The second-order valence-corrected chi connectivity index (χ2v) is 4.81. The minimum absolute atomic E-state index is 0.0698. The lowest BCUT2D eigenvalue weighted by molar-refractivity contribution is -0.149. The molecule has 0 saturated carbocycles. The summed E-state index contributed by atoms with van der Waals surface area (Å²) in [6.45, 7) is 2.03. The van der Waals surface area contributed by atoms with E-state index in [9.17, 15) is 9.59 Å². The van der Waals surface area contributed by atoms with Crippen LogP contribution in [0.4, 0.5) is 0 Å². The predicted octanol–water partition coefficient (Wildman–Crippen LogP) is 0.552. The number of nitrogens with one attached hydrogen (secondary N) is 1. The summed E-state index contributed by atoms with van der Waals surface area (Å²) in [6.07, 6.45) is 3.02. The van der Waals surface area contributed by atoms with Crippen LogP contribution < -0.4 is 5.32 Å². The number of hydrogen-bond acceptors (Lipinski definition) is 4. The maximum absolute atomic E-state index is 11.8. The van der Waals surface area contributed by atoms with Crippen LogP contribution in [0.1, 0.15) is 32.6 Å². The van der Waals surface area contributed by atoms with Gasteiger partial charge in [0.25, 0.3) is 0 Å². The molecule has 6 nitrogen and oxygen atoms in total. The molecule has 1 heterocycles. The van der Waals surface area contributed by atoms with E-state index in [0.717, 1.165) is 19.3 Å². The second kappa shape index (κ2) is 6.70. The number of carboxylic acids is 1. The number of amides is 1. The summed E-state index contributed by atoms with van der Waals surface area (Å²) in [5.74, 6) is -1.42. The molecule has 0 radical (unpaired) electrons. The summed E-state index contributed by atoms with van der Waals surface area (Å²) in [5.41, 5.74) is -1.39. The molecule has 0 aromatic heterocycles. The van der Waals surface area contributed by atoms with Gasteiger partial charge >= 0.3 is 5.97 Å². The molecule has 1 rings (SSSR count). The number of carbonyl (C=O) groups is 2. The third kappa shape index (κ3) is 4.27. The van der Waals surface area contributed by atoms with Crippen molar-refractivity contribution in [3.8, 4) is 0 Å². The molecular formula is C12H21NO5. The Hall–Kier alpha value is -1.14. The number of aliphatic carboxylic acids is 1. The van der Waals surface area contributed by atoms with Crippen molar-refractivity contribution in [2.24, 2.45) is 0 Å². The highest BCUT2D eigenvalue weighted by Crippen LogP contribution is 2.16. The van der Waals surface area contributed by atoms with Crippen molar-refractivity contribution in [1.29, 1.82) is 0 Å². The van der Waals surface area contributed by atoms with Crippen LogP contribution in [0.5, 0.6) is 0 Å². The Balaban J connectivity index is 2.48. The molecule has 104 valence electrons. The molecule has 1 saturated heterocycles. The molecule has 0 aromatic rings. The zero-order chi connectivity index (χ0) is 13.6. The summed E-state index contributed by atoms with van der Waals surface area (Å²) in [5, 5.41) is 11.6. The molecule has 2 N–H and O–H groups in total. The zero-order valence-electron chi connectivity index (χ0n) is 10.9. The van der Waals surface area contributed by atoms with Gasteiger partial charge in [-0.25, -0.2) is 4.79 Å². The summed E-state index contributed by atoms with van der Waals surface area (Å²) in [4.78, 5) is 22.9. The molecule has 18 heavy (non-hydrogen) atoms. The fourth-order valence-electron chi connectivity index (χ4n) is 1.97. The van der Waals surface area contributed by atoms with Gasteiger partial charge in [-0.1, -0.05) is 0 Å². The Labute approximate surface area is 107 Å². The van der Waals surface area contributed by atoms with Crippen LogP contribution in [-0.2, 0) is 19.1 Å². The van der Waals surface area contributed by atoms with Gasteiger partial charge in [-0.05, 0) is 26.2 Å². The van der Waals surface area contributed by atoms with E-state index in [2.05, 4.69) is 5.32 Å². The SMILES string of the molecule is COCC(C)(NC(=O)CC1CCCCO1)C(=O)O. The number of methoxy groups -OCH3 is 1. The van der Waals surface area contributed by atoms with Crippen LogP contribution in [0, 0.1) is 0 Å². The lowest BCUT2D eigenvalue weighted by Crippen LogP contribution is -2.55. The van der Waals surface area contributed by atoms with Crippen molar-refractivity contribution in [2.75, 3.05) is 20.3 Å². The van der Waals surface area contributed by atoms with Gasteiger partial charge in [0.2, 0.25) is 5.91 Å². The van der Waals surface area contributed by atoms with Gasteiger partial charge in [0.15, 0.2) is 5.54 Å². The average Bonchev–Trinajstić information content (AvgIpc) is 2.30. The van der Waals surface area contributed by atoms with E-state index < -0.39 is 11.5 Å². The average molecular weight is 259 g/mol. The van der Waals surface area contributed by atoms with Crippen LogP contribution in [0.25, 0.3) is 0 Å². The molecule has 1 aliphatic rings. The van der Waals surface area contributed by atoms with Crippen LogP contribution >= 0.6 is 0 Å². The highest BCUT2D eigenvalue weighted by molar-refractivity contribution is 5.87. The summed E-state index contributed by atoms with van der Waals surface area (Å²) in [7, 11) is 1.40. The van der Waals surface area contributed by atoms with Gasteiger partial charge < -0.3 is 19.9 Å². The molecule has 2 atom stereocenters. The Morgan fingerprint density at radius 3 is 2.72 bits per heavy atom. The van der Waals surface area contributed by atoms with Crippen LogP contribution in [0.2, 0.25) is 0 Å². The highest BCUT2D eigenvalue weighted by atomic mass is 16.5. The number of hydrogen-bond donors (Lipinski definition) is 2. The zero-order valence-corrected chi connectivity index (χ0v) is 10.9. The van der Waals surface area contributed by atoms with Crippen molar-refractivity contribution in [3.63, 3.8) is 0 Å². The van der Waals surface area contributed by atoms with E-state index in [0.29, 0.717) is 6.61 Å². The number of carboxylic acid groups (broad SMARTS) is 1. The van der Waals surface area contributed by atoms with E-state index in [1.54, 1.807) is 0 Å². The Morgan fingerprint density at radius 1 is 1.50 bits per heavy atom. The fraction of sp³-hybridized carbons (Fsp3) is 0.833. The Kier molecular flexibility index (Phi) is 5.55. The summed E-state index contributed by atoms with van der Waals surface area (Å²) in [6, 6.07) is 0. The van der Waals surface area contributed by atoms with Crippen LogP contribution in [0.15, 0.2) is 0 Å². The summed E-state index contributed by atoms with van der Waals surface area (Å²) >= 11 is 0. The fourth-order valence-corrected chi connectivity index (χ4v) is 1.97. The molecule has 0 aliphatic carbocycles. The maximum atomic E-state index is 11.8. The first-order valence-corrected chi connectivity index (χ1v) is 6.13. The Morgan fingerprint density at radius 2 is 2.22 bits per heavy atom. The van der Waals surface area contributed by atoms with Gasteiger partial charge in [0, 0.05) is 13.7 Å². The van der Waals surface area contributed by atoms with Gasteiger partial charge in [0.1, 0.15) is 0 Å². The van der Waals surface area contributed by atoms with Gasteiger partial charge in [-0.3, -0.25) is 4.79 Å². The molecular weight excluding hydrogens is 238 g/mol. The lowest BCUT2D eigenvalue weighted by atomic mass is 10.0. The second-order valence-electron chi connectivity index (χ2n) is 4.81. The number of ether oxygens (including phenoxy) is 2. The molecule has 0 bridgehead atoms. The quantitative estimate of drug-likeness (QED) is 0.727. The highest BCUT2D eigenvalue weighted by Gasteiger charge is 2.35. The Bertz CT molecular complexity index is 301. The minimum atomic E-state index is -1.39. The first kappa shape index (κ1) is 14.9. The summed E-state index contributed by atoms with van der Waals surface area (Å²) < 4.78 is 10.3. The van der Waals surface area contributed by atoms with Crippen molar-refractivity contribution >= 4 is 11.9 Å². The third-order valence-electron chi connectivity index (χ3n) is 3.01. The van der Waals surface area contributed by atoms with Gasteiger partial charge in [0.05, 0.1) is 19.1 Å². The standard InChI is InChI=1S/C12H21NO5/c1-12(8-17-2,11(15)16)13-10(14)7-9-5-3-4-6-18-9/h9H,3-8H2,1-2H3,(H,13,14)(H,15,16). The molecule has 6 heteroatoms. The van der Waals surface area contributed by atoms with Crippen molar-refractivity contribution in [3.05, 3.63) is 0 Å². The molecule has 0 aromatic carbocycles. The molecule has 1 fully saturated rings. The van der Waals surface area contributed by atoms with E-state index in [-0.39, 0.29) is 25.0 Å². The lowest BCUT2D eigenvalue weighted by Gasteiger charge is -2.27. The number of rotatable bonds is 6. The number of carbonyl (C=O) groups excluding carboxylic acids is 1. The molecule has 0 spiro atoms.